The third-order valence-corrected chi connectivity index (χ3v) is 3.84. The number of hydrogen-bond acceptors (Lipinski definition) is 4. The summed E-state index contributed by atoms with van der Waals surface area (Å²) in [6, 6.07) is 11.8. The number of hydrogen-bond donors (Lipinski definition) is 2. The summed E-state index contributed by atoms with van der Waals surface area (Å²) < 4.78 is 17.9. The van der Waals surface area contributed by atoms with E-state index in [1.165, 1.54) is 24.3 Å². The summed E-state index contributed by atoms with van der Waals surface area (Å²) in [6.45, 7) is 3.56. The van der Waals surface area contributed by atoms with E-state index in [1.54, 1.807) is 24.3 Å². The number of esters is 1. The van der Waals surface area contributed by atoms with Crippen LogP contribution < -0.4 is 10.6 Å². The highest BCUT2D eigenvalue weighted by Crippen LogP contribution is 2.18. The highest BCUT2D eigenvalue weighted by atomic mass is 19.1. The summed E-state index contributed by atoms with van der Waals surface area (Å²) in [4.78, 5) is 36.2. The molecule has 0 aliphatic heterocycles. The van der Waals surface area contributed by atoms with Crippen LogP contribution in [0.25, 0.3) is 0 Å². The lowest BCUT2D eigenvalue weighted by Gasteiger charge is -2.12. The zero-order valence-electron chi connectivity index (χ0n) is 15.8. The molecule has 2 aromatic rings. The summed E-state index contributed by atoms with van der Waals surface area (Å²) in [5, 5.41) is 5.20. The van der Waals surface area contributed by atoms with Gasteiger partial charge >= 0.3 is 5.97 Å². The molecule has 0 heterocycles. The molecule has 0 aliphatic carbocycles. The summed E-state index contributed by atoms with van der Waals surface area (Å²) in [6.07, 6.45) is 0.939. The van der Waals surface area contributed by atoms with Crippen molar-refractivity contribution >= 4 is 29.2 Å². The molecule has 2 rings (SSSR count). The Hall–Kier alpha value is -3.22. The molecule has 0 saturated heterocycles. The maximum absolute atomic E-state index is 13.0. The Bertz CT molecular complexity index is 835. The first-order valence-corrected chi connectivity index (χ1v) is 8.96. The van der Waals surface area contributed by atoms with E-state index in [4.69, 9.17) is 4.74 Å². The monoisotopic (exact) mass is 386 g/mol. The molecule has 0 fully saturated rings. The van der Waals surface area contributed by atoms with Crippen molar-refractivity contribution in [3.8, 4) is 0 Å². The van der Waals surface area contributed by atoms with Crippen LogP contribution in [-0.4, -0.2) is 24.4 Å². The van der Waals surface area contributed by atoms with Crippen LogP contribution in [0.3, 0.4) is 0 Å². The van der Waals surface area contributed by atoms with E-state index < -0.39 is 30.2 Å². The first kappa shape index (κ1) is 21.1. The molecule has 0 unspecified atom stereocenters. The van der Waals surface area contributed by atoms with Gasteiger partial charge in [-0.05, 0) is 48.7 Å². The first-order valence-electron chi connectivity index (χ1n) is 8.96. The minimum absolute atomic E-state index is 0.228. The Balaban J connectivity index is 1.95. The largest absolute Gasteiger partial charge is 0.456 e. The molecule has 0 radical (unpaired) electrons. The van der Waals surface area contributed by atoms with Gasteiger partial charge in [0, 0.05) is 12.1 Å². The lowest BCUT2D eigenvalue weighted by atomic mass is 10.1. The van der Waals surface area contributed by atoms with Crippen LogP contribution in [0.15, 0.2) is 48.5 Å². The molecular formula is C21H23FN2O4. The zero-order chi connectivity index (χ0) is 20.5. The predicted octanol–water partition coefficient (Wildman–Crippen LogP) is 4.00. The number of para-hydroxylation sites is 1. The van der Waals surface area contributed by atoms with Crippen molar-refractivity contribution in [1.29, 1.82) is 0 Å². The van der Waals surface area contributed by atoms with Crippen LogP contribution in [0.1, 0.15) is 37.0 Å². The van der Waals surface area contributed by atoms with Gasteiger partial charge in [0.2, 0.25) is 0 Å². The Morgan fingerprint density at radius 2 is 1.68 bits per heavy atom. The summed E-state index contributed by atoms with van der Waals surface area (Å²) in [5.41, 5.74) is 0.934. The SMILES string of the molecule is CC(C)CCC(=O)OCC(=O)Nc1ccccc1C(=O)Nc1ccc(F)cc1. The van der Waals surface area contributed by atoms with Gasteiger partial charge in [0.05, 0.1) is 11.3 Å². The van der Waals surface area contributed by atoms with Crippen molar-refractivity contribution in [2.75, 3.05) is 17.2 Å². The fraction of sp³-hybridized carbons (Fsp3) is 0.286. The summed E-state index contributed by atoms with van der Waals surface area (Å²) in [7, 11) is 0. The molecule has 0 saturated carbocycles. The first-order chi connectivity index (χ1) is 13.3. The predicted molar refractivity (Wildman–Crippen MR) is 104 cm³/mol. The minimum atomic E-state index is -0.542. The number of nitrogens with one attached hydrogen (secondary N) is 2. The van der Waals surface area contributed by atoms with E-state index >= 15 is 0 Å². The molecule has 148 valence electrons. The van der Waals surface area contributed by atoms with E-state index in [1.807, 2.05) is 13.8 Å². The number of halogens is 1. The molecule has 0 atom stereocenters. The molecule has 2 aromatic carbocycles. The Morgan fingerprint density at radius 3 is 2.36 bits per heavy atom. The number of benzene rings is 2. The molecule has 2 amide bonds. The van der Waals surface area contributed by atoms with Crippen molar-refractivity contribution in [3.63, 3.8) is 0 Å². The van der Waals surface area contributed by atoms with Gasteiger partial charge in [-0.15, -0.1) is 0 Å². The lowest BCUT2D eigenvalue weighted by molar-refractivity contribution is -0.147. The molecule has 28 heavy (non-hydrogen) atoms. The smallest absolute Gasteiger partial charge is 0.306 e. The van der Waals surface area contributed by atoms with Gasteiger partial charge in [0.25, 0.3) is 11.8 Å². The van der Waals surface area contributed by atoms with E-state index in [0.29, 0.717) is 18.0 Å². The van der Waals surface area contributed by atoms with Crippen LogP contribution in [-0.2, 0) is 14.3 Å². The highest BCUT2D eigenvalue weighted by molar-refractivity contribution is 6.10. The fourth-order valence-corrected chi connectivity index (χ4v) is 2.33. The number of carbonyl (C=O) groups is 3. The minimum Gasteiger partial charge on any atom is -0.456 e. The normalized spacial score (nSPS) is 10.4. The topological polar surface area (TPSA) is 84.5 Å². The van der Waals surface area contributed by atoms with Crippen LogP contribution in [0.4, 0.5) is 15.8 Å². The molecule has 7 heteroatoms. The average Bonchev–Trinajstić information content (AvgIpc) is 2.67. The van der Waals surface area contributed by atoms with Gasteiger partial charge in [-0.2, -0.15) is 0 Å². The quantitative estimate of drug-likeness (QED) is 0.672. The van der Waals surface area contributed by atoms with Gasteiger partial charge in [-0.25, -0.2) is 4.39 Å². The van der Waals surface area contributed by atoms with Crippen LogP contribution in [0.5, 0.6) is 0 Å². The molecule has 0 aliphatic rings. The number of amides is 2. The third kappa shape index (κ3) is 6.83. The third-order valence-electron chi connectivity index (χ3n) is 3.84. The van der Waals surface area contributed by atoms with Gasteiger partial charge in [0.15, 0.2) is 6.61 Å². The van der Waals surface area contributed by atoms with Crippen molar-refractivity contribution in [3.05, 3.63) is 59.9 Å². The molecule has 6 nitrogen and oxygen atoms in total. The molecule has 0 bridgehead atoms. The van der Waals surface area contributed by atoms with Gasteiger partial charge < -0.3 is 15.4 Å². The van der Waals surface area contributed by atoms with E-state index in [-0.39, 0.29) is 17.7 Å². The Labute approximate surface area is 163 Å². The van der Waals surface area contributed by atoms with Crippen LogP contribution >= 0.6 is 0 Å². The van der Waals surface area contributed by atoms with Crippen molar-refractivity contribution in [1.82, 2.24) is 0 Å². The van der Waals surface area contributed by atoms with Crippen molar-refractivity contribution in [2.45, 2.75) is 26.7 Å². The van der Waals surface area contributed by atoms with Gasteiger partial charge in [0.1, 0.15) is 5.82 Å². The maximum atomic E-state index is 13.0. The molecule has 0 aromatic heterocycles. The summed E-state index contributed by atoms with van der Waals surface area (Å²) >= 11 is 0. The molecule has 2 N–H and O–H groups in total. The second kappa shape index (κ2) is 10.2. The maximum Gasteiger partial charge on any atom is 0.306 e. The molecular weight excluding hydrogens is 363 g/mol. The number of rotatable bonds is 8. The van der Waals surface area contributed by atoms with Crippen molar-refractivity contribution in [2.24, 2.45) is 5.92 Å². The zero-order valence-corrected chi connectivity index (χ0v) is 15.8. The van der Waals surface area contributed by atoms with Gasteiger partial charge in [-0.1, -0.05) is 26.0 Å². The molecule has 0 spiro atoms. The van der Waals surface area contributed by atoms with Crippen molar-refractivity contribution < 1.29 is 23.5 Å². The Morgan fingerprint density at radius 1 is 1.00 bits per heavy atom. The standard InChI is InChI=1S/C21H23FN2O4/c1-14(2)7-12-20(26)28-13-19(25)24-18-6-4-3-5-17(18)21(27)23-16-10-8-15(22)9-11-16/h3-6,8-11,14H,7,12-13H2,1-2H3,(H,23,27)(H,24,25). The van der Waals surface area contributed by atoms with Crippen LogP contribution in [0, 0.1) is 11.7 Å². The van der Waals surface area contributed by atoms with E-state index in [9.17, 15) is 18.8 Å². The Kier molecular flexibility index (Phi) is 7.68. The highest BCUT2D eigenvalue weighted by Gasteiger charge is 2.15. The van der Waals surface area contributed by atoms with E-state index in [0.717, 1.165) is 0 Å². The lowest BCUT2D eigenvalue weighted by Crippen LogP contribution is -2.23. The van der Waals surface area contributed by atoms with Gasteiger partial charge in [-0.3, -0.25) is 14.4 Å². The van der Waals surface area contributed by atoms with E-state index in [2.05, 4.69) is 10.6 Å². The number of ether oxygens (including phenoxy) is 1. The average molecular weight is 386 g/mol. The fourth-order valence-electron chi connectivity index (χ4n) is 2.33. The number of carbonyl (C=O) groups excluding carboxylic acids is 3. The summed E-state index contributed by atoms with van der Waals surface area (Å²) in [5.74, 6) is -1.48. The number of anilines is 2. The second-order valence-electron chi connectivity index (χ2n) is 6.65. The van der Waals surface area contributed by atoms with Crippen LogP contribution in [0.2, 0.25) is 0 Å². The second-order valence-corrected chi connectivity index (χ2v) is 6.65.